The maximum absolute atomic E-state index is 11.3. The number of nitrogens with zero attached hydrogens (tertiary/aromatic N) is 1. The van der Waals surface area contributed by atoms with Gasteiger partial charge < -0.3 is 20.5 Å². The Kier molecular flexibility index (Phi) is 4.97. The molecule has 1 rings (SSSR count). The maximum atomic E-state index is 11.3. The second-order valence-electron chi connectivity index (χ2n) is 4.17. The Balaban J connectivity index is 3.16. The third kappa shape index (κ3) is 3.13. The fourth-order valence-corrected chi connectivity index (χ4v) is 2.03. The predicted molar refractivity (Wildman–Crippen MR) is 72.2 cm³/mol. The number of nitrogen functional groups attached to an aromatic ring is 1. The molecular weight excluding hydrogens is 232 g/mol. The number of aromatic carboxylic acids is 1. The van der Waals surface area contributed by atoms with Crippen molar-refractivity contribution >= 4 is 17.3 Å². The van der Waals surface area contributed by atoms with Crippen LogP contribution in [0.5, 0.6) is 0 Å². The summed E-state index contributed by atoms with van der Waals surface area (Å²) in [5.74, 6) is -0.972. The number of hydrogen-bond acceptors (Lipinski definition) is 4. The summed E-state index contributed by atoms with van der Waals surface area (Å²) in [6.07, 6.45) is 0. The number of likely N-dealkylation sites (N-methyl/N-ethyl adjacent to an activating group) is 1. The Morgan fingerprint density at radius 2 is 2.22 bits per heavy atom. The van der Waals surface area contributed by atoms with Crippen LogP contribution in [0.1, 0.15) is 24.2 Å². The van der Waals surface area contributed by atoms with E-state index in [-0.39, 0.29) is 11.6 Å². The van der Waals surface area contributed by atoms with Gasteiger partial charge in [0.1, 0.15) is 0 Å². The van der Waals surface area contributed by atoms with Crippen molar-refractivity contribution in [1.82, 2.24) is 0 Å². The van der Waals surface area contributed by atoms with Gasteiger partial charge in [0.2, 0.25) is 0 Å². The fourth-order valence-electron chi connectivity index (χ4n) is 2.03. The van der Waals surface area contributed by atoms with E-state index in [2.05, 4.69) is 0 Å². The number of hydrogen-bond donors (Lipinski definition) is 2. The highest BCUT2D eigenvalue weighted by Gasteiger charge is 2.19. The van der Waals surface area contributed by atoms with Gasteiger partial charge in [-0.05, 0) is 32.0 Å². The second kappa shape index (κ2) is 6.26. The minimum atomic E-state index is -0.972. The number of methoxy groups -OCH3 is 1. The number of ether oxygens (including phenoxy) is 1. The third-order valence-electron chi connectivity index (χ3n) is 2.84. The molecule has 5 heteroatoms. The van der Waals surface area contributed by atoms with Crippen LogP contribution >= 0.6 is 0 Å². The standard InChI is InChI=1S/C13H20N2O3/c1-4-15(9(2)8-18-3)12-6-5-10(14)7-11(12)13(16)17/h5-7,9H,4,8,14H2,1-3H3,(H,16,17). The van der Waals surface area contributed by atoms with Crippen molar-refractivity contribution in [1.29, 1.82) is 0 Å². The van der Waals surface area contributed by atoms with Gasteiger partial charge in [-0.25, -0.2) is 4.79 Å². The molecule has 5 nitrogen and oxygen atoms in total. The highest BCUT2D eigenvalue weighted by atomic mass is 16.5. The van der Waals surface area contributed by atoms with E-state index in [1.807, 2.05) is 18.7 Å². The van der Waals surface area contributed by atoms with Gasteiger partial charge in [-0.1, -0.05) is 0 Å². The molecule has 1 atom stereocenters. The van der Waals surface area contributed by atoms with Crippen LogP contribution in [-0.2, 0) is 4.74 Å². The van der Waals surface area contributed by atoms with Gasteiger partial charge in [-0.15, -0.1) is 0 Å². The SMILES string of the molecule is CCN(c1ccc(N)cc1C(=O)O)C(C)COC. The number of rotatable bonds is 6. The van der Waals surface area contributed by atoms with Crippen molar-refractivity contribution in [2.45, 2.75) is 19.9 Å². The summed E-state index contributed by atoms with van der Waals surface area (Å²) >= 11 is 0. The zero-order valence-corrected chi connectivity index (χ0v) is 11.0. The van der Waals surface area contributed by atoms with Crippen LogP contribution in [0.2, 0.25) is 0 Å². The Morgan fingerprint density at radius 1 is 1.56 bits per heavy atom. The summed E-state index contributed by atoms with van der Waals surface area (Å²) in [4.78, 5) is 13.3. The van der Waals surface area contributed by atoms with Crippen molar-refractivity contribution in [2.24, 2.45) is 0 Å². The zero-order chi connectivity index (χ0) is 13.7. The first-order valence-corrected chi connectivity index (χ1v) is 5.89. The molecule has 0 aliphatic carbocycles. The topological polar surface area (TPSA) is 75.8 Å². The molecule has 18 heavy (non-hydrogen) atoms. The molecule has 0 aromatic heterocycles. The Morgan fingerprint density at radius 3 is 2.72 bits per heavy atom. The van der Waals surface area contributed by atoms with Crippen molar-refractivity contribution in [3.8, 4) is 0 Å². The van der Waals surface area contributed by atoms with Crippen LogP contribution in [0.4, 0.5) is 11.4 Å². The second-order valence-corrected chi connectivity index (χ2v) is 4.17. The fraction of sp³-hybridized carbons (Fsp3) is 0.462. The lowest BCUT2D eigenvalue weighted by molar-refractivity contribution is 0.0697. The first kappa shape index (κ1) is 14.3. The van der Waals surface area contributed by atoms with Crippen LogP contribution in [-0.4, -0.2) is 37.4 Å². The lowest BCUT2D eigenvalue weighted by atomic mass is 10.1. The quantitative estimate of drug-likeness (QED) is 0.755. The molecule has 0 spiro atoms. The minimum absolute atomic E-state index is 0.0988. The Labute approximate surface area is 107 Å². The van der Waals surface area contributed by atoms with Crippen LogP contribution < -0.4 is 10.6 Å². The summed E-state index contributed by atoms with van der Waals surface area (Å²) in [7, 11) is 1.63. The normalized spacial score (nSPS) is 12.2. The molecule has 100 valence electrons. The summed E-state index contributed by atoms with van der Waals surface area (Å²) in [6, 6.07) is 5.04. The monoisotopic (exact) mass is 252 g/mol. The number of nitrogens with two attached hydrogens (primary N) is 1. The largest absolute Gasteiger partial charge is 0.478 e. The van der Waals surface area contributed by atoms with Crippen molar-refractivity contribution in [3.63, 3.8) is 0 Å². The number of benzene rings is 1. The minimum Gasteiger partial charge on any atom is -0.478 e. The molecule has 1 aromatic carbocycles. The van der Waals surface area contributed by atoms with Gasteiger partial charge in [-0.2, -0.15) is 0 Å². The predicted octanol–water partition coefficient (Wildman–Crippen LogP) is 1.83. The van der Waals surface area contributed by atoms with Crippen molar-refractivity contribution in [2.75, 3.05) is 30.9 Å². The van der Waals surface area contributed by atoms with E-state index in [4.69, 9.17) is 10.5 Å². The van der Waals surface area contributed by atoms with Gasteiger partial charge in [0.15, 0.2) is 0 Å². The molecule has 0 radical (unpaired) electrons. The van der Waals surface area contributed by atoms with E-state index < -0.39 is 5.97 Å². The average Bonchev–Trinajstić information content (AvgIpc) is 2.32. The van der Waals surface area contributed by atoms with Gasteiger partial charge >= 0.3 is 5.97 Å². The summed E-state index contributed by atoms with van der Waals surface area (Å²) in [6.45, 7) is 5.22. The van der Waals surface area contributed by atoms with E-state index in [1.165, 1.54) is 6.07 Å². The van der Waals surface area contributed by atoms with Crippen LogP contribution in [0, 0.1) is 0 Å². The molecule has 3 N–H and O–H groups in total. The van der Waals surface area contributed by atoms with E-state index in [0.29, 0.717) is 24.5 Å². The molecule has 0 amide bonds. The molecule has 0 bridgehead atoms. The van der Waals surface area contributed by atoms with Crippen molar-refractivity contribution < 1.29 is 14.6 Å². The van der Waals surface area contributed by atoms with Gasteiger partial charge in [0.05, 0.1) is 17.9 Å². The highest BCUT2D eigenvalue weighted by molar-refractivity contribution is 5.95. The molecule has 0 heterocycles. The third-order valence-corrected chi connectivity index (χ3v) is 2.84. The number of carboxylic acid groups (broad SMARTS) is 1. The molecule has 0 saturated carbocycles. The number of carbonyl (C=O) groups is 1. The molecule has 0 aliphatic rings. The van der Waals surface area contributed by atoms with E-state index in [0.717, 1.165) is 0 Å². The van der Waals surface area contributed by atoms with E-state index in [1.54, 1.807) is 19.2 Å². The molecule has 0 fully saturated rings. The molecule has 1 unspecified atom stereocenters. The molecule has 1 aromatic rings. The smallest absolute Gasteiger partial charge is 0.337 e. The number of anilines is 2. The first-order chi connectivity index (χ1) is 8.51. The van der Waals surface area contributed by atoms with E-state index in [9.17, 15) is 9.90 Å². The lowest BCUT2D eigenvalue weighted by Gasteiger charge is -2.31. The average molecular weight is 252 g/mol. The lowest BCUT2D eigenvalue weighted by Crippen LogP contribution is -2.37. The van der Waals surface area contributed by atoms with E-state index >= 15 is 0 Å². The summed E-state index contributed by atoms with van der Waals surface area (Å²) in [5, 5.41) is 9.23. The van der Waals surface area contributed by atoms with Gasteiger partial charge in [0.25, 0.3) is 0 Å². The summed E-state index contributed by atoms with van der Waals surface area (Å²) in [5.41, 5.74) is 6.98. The number of carboxylic acids is 1. The van der Waals surface area contributed by atoms with Gasteiger partial charge in [-0.3, -0.25) is 0 Å². The Hall–Kier alpha value is -1.75. The Bertz CT molecular complexity index is 421. The first-order valence-electron chi connectivity index (χ1n) is 5.89. The van der Waals surface area contributed by atoms with Gasteiger partial charge in [0, 0.05) is 25.4 Å². The van der Waals surface area contributed by atoms with Crippen LogP contribution in [0.15, 0.2) is 18.2 Å². The molecule has 0 saturated heterocycles. The van der Waals surface area contributed by atoms with Crippen LogP contribution in [0.3, 0.4) is 0 Å². The molecular formula is C13H20N2O3. The maximum Gasteiger partial charge on any atom is 0.337 e. The van der Waals surface area contributed by atoms with Crippen LogP contribution in [0.25, 0.3) is 0 Å². The zero-order valence-electron chi connectivity index (χ0n) is 11.0. The van der Waals surface area contributed by atoms with Crippen molar-refractivity contribution in [3.05, 3.63) is 23.8 Å². The summed E-state index contributed by atoms with van der Waals surface area (Å²) < 4.78 is 5.12. The molecule has 0 aliphatic heterocycles. The highest BCUT2D eigenvalue weighted by Crippen LogP contribution is 2.25.